The molecular formula is C28H31Cl2N3O4S. The summed E-state index contributed by atoms with van der Waals surface area (Å²) in [7, 11) is -2.65. The summed E-state index contributed by atoms with van der Waals surface area (Å²) >= 11 is 12.8. The fourth-order valence-corrected chi connectivity index (χ4v) is 6.17. The van der Waals surface area contributed by atoms with Gasteiger partial charge in [0, 0.05) is 29.2 Å². The minimum Gasteiger partial charge on any atom is -0.357 e. The van der Waals surface area contributed by atoms with Crippen molar-refractivity contribution in [2.24, 2.45) is 0 Å². The molecular weight excluding hydrogens is 545 g/mol. The fourth-order valence-electron chi connectivity index (χ4n) is 4.16. The van der Waals surface area contributed by atoms with Crippen molar-refractivity contribution in [2.75, 3.05) is 17.9 Å². The predicted molar refractivity (Wildman–Crippen MR) is 152 cm³/mol. The molecule has 0 aromatic heterocycles. The molecule has 0 saturated heterocycles. The van der Waals surface area contributed by atoms with Crippen LogP contribution >= 0.6 is 23.2 Å². The Labute approximate surface area is 234 Å². The molecule has 10 heteroatoms. The molecule has 7 nitrogen and oxygen atoms in total. The van der Waals surface area contributed by atoms with Crippen LogP contribution in [0.5, 0.6) is 0 Å². The molecule has 3 aromatic carbocycles. The SMILES string of the molecule is CC[C@H](C(=O)NC)N(Cc1c(Cl)cccc1Cl)C(=O)CN(c1cc(C)ccc1C)S(=O)(=O)c1ccccc1. The molecule has 38 heavy (non-hydrogen) atoms. The lowest BCUT2D eigenvalue weighted by molar-refractivity contribution is -0.140. The van der Waals surface area contributed by atoms with Gasteiger partial charge in [-0.3, -0.25) is 13.9 Å². The zero-order chi connectivity index (χ0) is 28.0. The van der Waals surface area contributed by atoms with Gasteiger partial charge in [-0.05, 0) is 61.7 Å². The lowest BCUT2D eigenvalue weighted by atomic mass is 10.1. The van der Waals surface area contributed by atoms with Gasteiger partial charge in [-0.15, -0.1) is 0 Å². The van der Waals surface area contributed by atoms with Gasteiger partial charge >= 0.3 is 0 Å². The Bertz CT molecular complexity index is 1390. The third-order valence-electron chi connectivity index (χ3n) is 6.27. The maximum absolute atomic E-state index is 14.0. The first kappa shape index (κ1) is 29.5. The van der Waals surface area contributed by atoms with Crippen LogP contribution in [0.25, 0.3) is 0 Å². The first-order chi connectivity index (χ1) is 18.0. The Morgan fingerprint density at radius 1 is 0.947 bits per heavy atom. The van der Waals surface area contributed by atoms with Crippen molar-refractivity contribution in [3.05, 3.63) is 93.5 Å². The molecule has 3 aromatic rings. The van der Waals surface area contributed by atoms with Crippen LogP contribution in [-0.4, -0.2) is 44.8 Å². The molecule has 0 radical (unpaired) electrons. The monoisotopic (exact) mass is 575 g/mol. The number of hydrogen-bond acceptors (Lipinski definition) is 4. The molecule has 0 fully saturated rings. The van der Waals surface area contributed by atoms with Crippen molar-refractivity contribution in [3.63, 3.8) is 0 Å². The topological polar surface area (TPSA) is 86.8 Å². The van der Waals surface area contributed by atoms with Crippen molar-refractivity contribution in [2.45, 2.75) is 44.7 Å². The number of sulfonamides is 1. The van der Waals surface area contributed by atoms with Gasteiger partial charge in [-0.1, -0.05) is 66.5 Å². The van der Waals surface area contributed by atoms with Gasteiger partial charge in [0.2, 0.25) is 11.8 Å². The second kappa shape index (κ2) is 12.7. The van der Waals surface area contributed by atoms with Crippen LogP contribution in [-0.2, 0) is 26.2 Å². The first-order valence-corrected chi connectivity index (χ1v) is 14.3. The van der Waals surface area contributed by atoms with E-state index in [0.717, 1.165) is 9.87 Å². The van der Waals surface area contributed by atoms with Crippen LogP contribution in [0, 0.1) is 13.8 Å². The summed E-state index contributed by atoms with van der Waals surface area (Å²) in [6.45, 7) is 4.81. The maximum Gasteiger partial charge on any atom is 0.264 e. The molecule has 0 aliphatic rings. The van der Waals surface area contributed by atoms with E-state index >= 15 is 0 Å². The van der Waals surface area contributed by atoms with Gasteiger partial charge < -0.3 is 10.2 Å². The van der Waals surface area contributed by atoms with E-state index in [1.165, 1.54) is 24.1 Å². The summed E-state index contributed by atoms with van der Waals surface area (Å²) in [5.74, 6) is -0.954. The first-order valence-electron chi connectivity index (χ1n) is 12.1. The van der Waals surface area contributed by atoms with Crippen molar-refractivity contribution >= 4 is 50.7 Å². The molecule has 0 heterocycles. The van der Waals surface area contributed by atoms with Crippen LogP contribution in [0.1, 0.15) is 30.0 Å². The number of nitrogens with one attached hydrogen (secondary N) is 1. The van der Waals surface area contributed by atoms with Gasteiger partial charge in [0.1, 0.15) is 12.6 Å². The summed E-state index contributed by atoms with van der Waals surface area (Å²) in [5.41, 5.74) is 2.37. The van der Waals surface area contributed by atoms with Gasteiger partial charge in [0.15, 0.2) is 0 Å². The van der Waals surface area contributed by atoms with Crippen molar-refractivity contribution in [1.29, 1.82) is 0 Å². The zero-order valence-electron chi connectivity index (χ0n) is 21.7. The standard InChI is InChI=1S/C28H31Cl2N3O4S/c1-5-25(28(35)31-4)32(17-22-23(29)12-9-13-24(22)30)27(34)18-33(26-16-19(2)14-15-20(26)3)38(36,37)21-10-7-6-8-11-21/h6-16,25H,5,17-18H2,1-4H3,(H,31,35)/t25-/m1/s1. The van der Waals surface area contributed by atoms with Crippen LogP contribution in [0.3, 0.4) is 0 Å². The molecule has 0 saturated carbocycles. The van der Waals surface area contributed by atoms with E-state index < -0.39 is 28.5 Å². The van der Waals surface area contributed by atoms with E-state index in [-0.39, 0.29) is 17.3 Å². The molecule has 0 unspecified atom stereocenters. The molecule has 0 aliphatic heterocycles. The van der Waals surface area contributed by atoms with Gasteiger partial charge in [0.25, 0.3) is 10.0 Å². The minimum absolute atomic E-state index is 0.0488. The number of likely N-dealkylation sites (N-methyl/N-ethyl adjacent to an activating group) is 1. The van der Waals surface area contributed by atoms with Crippen LogP contribution < -0.4 is 9.62 Å². The normalized spacial score (nSPS) is 12.1. The van der Waals surface area contributed by atoms with E-state index in [0.29, 0.717) is 33.3 Å². The molecule has 0 aliphatic carbocycles. The number of nitrogens with zero attached hydrogens (tertiary/aromatic N) is 2. The molecule has 3 rings (SSSR count). The summed E-state index contributed by atoms with van der Waals surface area (Å²) < 4.78 is 28.9. The van der Waals surface area contributed by atoms with Crippen LogP contribution in [0.15, 0.2) is 71.6 Å². The fraction of sp³-hybridized carbons (Fsp3) is 0.286. The maximum atomic E-state index is 14.0. The minimum atomic E-state index is -4.14. The highest BCUT2D eigenvalue weighted by Gasteiger charge is 2.34. The molecule has 1 atom stereocenters. The molecule has 1 N–H and O–H groups in total. The Balaban J connectivity index is 2.13. The van der Waals surface area contributed by atoms with Gasteiger partial charge in [-0.25, -0.2) is 8.42 Å². The van der Waals surface area contributed by atoms with Crippen molar-refractivity contribution in [3.8, 4) is 0 Å². The average molecular weight is 577 g/mol. The smallest absolute Gasteiger partial charge is 0.264 e. The Morgan fingerprint density at radius 2 is 1.58 bits per heavy atom. The van der Waals surface area contributed by atoms with Gasteiger partial charge in [-0.2, -0.15) is 0 Å². The second-order valence-electron chi connectivity index (χ2n) is 8.87. The number of aryl methyl sites for hydroxylation is 2. The Kier molecular flexibility index (Phi) is 9.82. The lowest BCUT2D eigenvalue weighted by Crippen LogP contribution is -2.52. The zero-order valence-corrected chi connectivity index (χ0v) is 24.1. The number of carbonyl (C=O) groups excluding carboxylic acids is 2. The van der Waals surface area contributed by atoms with Crippen LogP contribution in [0.4, 0.5) is 5.69 Å². The van der Waals surface area contributed by atoms with E-state index in [1.807, 2.05) is 19.1 Å². The number of halogens is 2. The van der Waals surface area contributed by atoms with Gasteiger partial charge in [0.05, 0.1) is 10.6 Å². The Morgan fingerprint density at radius 3 is 2.16 bits per heavy atom. The lowest BCUT2D eigenvalue weighted by Gasteiger charge is -2.33. The van der Waals surface area contributed by atoms with Crippen molar-refractivity contribution in [1.82, 2.24) is 10.2 Å². The number of benzene rings is 3. The molecule has 0 spiro atoms. The summed E-state index contributed by atoms with van der Waals surface area (Å²) in [6, 6.07) is 17.5. The summed E-state index contributed by atoms with van der Waals surface area (Å²) in [5, 5.41) is 3.27. The predicted octanol–water partition coefficient (Wildman–Crippen LogP) is 5.36. The highest BCUT2D eigenvalue weighted by Crippen LogP contribution is 2.30. The highest BCUT2D eigenvalue weighted by atomic mass is 35.5. The highest BCUT2D eigenvalue weighted by molar-refractivity contribution is 7.92. The summed E-state index contributed by atoms with van der Waals surface area (Å²) in [4.78, 5) is 28.2. The Hall–Kier alpha value is -3.07. The summed E-state index contributed by atoms with van der Waals surface area (Å²) in [6.07, 6.45) is 0.294. The van der Waals surface area contributed by atoms with Crippen LogP contribution in [0.2, 0.25) is 10.0 Å². The molecule has 0 bridgehead atoms. The number of anilines is 1. The number of carbonyl (C=O) groups is 2. The number of hydrogen-bond donors (Lipinski definition) is 1. The third kappa shape index (κ3) is 6.49. The number of amides is 2. The molecule has 202 valence electrons. The molecule has 2 amide bonds. The van der Waals surface area contributed by atoms with E-state index in [2.05, 4.69) is 5.32 Å². The van der Waals surface area contributed by atoms with E-state index in [4.69, 9.17) is 23.2 Å². The van der Waals surface area contributed by atoms with Crippen molar-refractivity contribution < 1.29 is 18.0 Å². The third-order valence-corrected chi connectivity index (χ3v) is 8.75. The quantitative estimate of drug-likeness (QED) is 0.352. The van der Waals surface area contributed by atoms with E-state index in [9.17, 15) is 18.0 Å². The second-order valence-corrected chi connectivity index (χ2v) is 11.6. The van der Waals surface area contributed by atoms with E-state index in [1.54, 1.807) is 56.3 Å². The number of rotatable bonds is 10. The largest absolute Gasteiger partial charge is 0.357 e. The average Bonchev–Trinajstić information content (AvgIpc) is 2.90.